The summed E-state index contributed by atoms with van der Waals surface area (Å²) in [4.78, 5) is 9.00. The maximum Gasteiger partial charge on any atom is 0.416 e. The van der Waals surface area contributed by atoms with Crippen LogP contribution in [0.3, 0.4) is 0 Å². The number of rotatable bonds is 16. The molecule has 0 bridgehead atoms. The van der Waals surface area contributed by atoms with Gasteiger partial charge in [0.25, 0.3) is 5.97 Å². The Morgan fingerprint density at radius 2 is 1.61 bits per heavy atom. The fourth-order valence-corrected chi connectivity index (χ4v) is 3.30. The van der Waals surface area contributed by atoms with Crippen molar-refractivity contribution in [2.45, 2.75) is 58.1 Å². The van der Waals surface area contributed by atoms with Gasteiger partial charge >= 0.3 is 6.18 Å². The summed E-state index contributed by atoms with van der Waals surface area (Å²) < 4.78 is 48.5. The SMILES string of the molecule is CC(=O)O.OCc1cc([C@@H](O)CNCCCCCCOCCOCc2ccc(C(F)(F)F)cc2)ccc1O. The van der Waals surface area contributed by atoms with E-state index in [2.05, 4.69) is 5.32 Å². The Bertz CT molecular complexity index is 920. The minimum atomic E-state index is -4.33. The van der Waals surface area contributed by atoms with E-state index in [0.29, 0.717) is 43.1 Å². The van der Waals surface area contributed by atoms with E-state index in [1.807, 2.05) is 0 Å². The summed E-state index contributed by atoms with van der Waals surface area (Å²) in [6, 6.07) is 9.64. The molecule has 11 heteroatoms. The van der Waals surface area contributed by atoms with Gasteiger partial charge in [-0.05, 0) is 54.8 Å². The lowest BCUT2D eigenvalue weighted by Crippen LogP contribution is -2.22. The van der Waals surface area contributed by atoms with Crippen LogP contribution in [0.15, 0.2) is 42.5 Å². The van der Waals surface area contributed by atoms with Crippen molar-refractivity contribution in [1.29, 1.82) is 0 Å². The fraction of sp³-hybridized carbons (Fsp3) is 0.519. The van der Waals surface area contributed by atoms with Crippen LogP contribution >= 0.6 is 0 Å². The fourth-order valence-electron chi connectivity index (χ4n) is 3.30. The van der Waals surface area contributed by atoms with Crippen LogP contribution in [0.2, 0.25) is 0 Å². The standard InChI is InChI=1S/C25H34F3NO5.C2H4O2/c26-25(27,28)22-8-5-19(6-9-22)18-34-14-13-33-12-4-2-1-3-11-29-16-24(32)20-7-10-23(31)21(15-20)17-30;1-2(3)4/h5-10,15,24,29-32H,1-4,11-14,16-18H2;1H3,(H,3,4)/t24-;/m0./s1. The topological polar surface area (TPSA) is 128 Å². The van der Waals surface area contributed by atoms with Gasteiger partial charge in [-0.2, -0.15) is 13.2 Å². The summed E-state index contributed by atoms with van der Waals surface area (Å²) in [5.41, 5.74) is 1.06. The second-order valence-electron chi connectivity index (χ2n) is 8.56. The number of hydrogen-bond acceptors (Lipinski definition) is 7. The monoisotopic (exact) mass is 545 g/mol. The Morgan fingerprint density at radius 3 is 2.24 bits per heavy atom. The van der Waals surface area contributed by atoms with Crippen molar-refractivity contribution >= 4 is 5.97 Å². The smallest absolute Gasteiger partial charge is 0.416 e. The van der Waals surface area contributed by atoms with Crippen molar-refractivity contribution < 1.29 is 47.9 Å². The molecule has 5 N–H and O–H groups in total. The molecule has 0 aliphatic carbocycles. The minimum absolute atomic E-state index is 0.0149. The maximum atomic E-state index is 12.5. The first-order chi connectivity index (χ1) is 18.0. The molecule has 0 aliphatic rings. The number of hydrogen-bond donors (Lipinski definition) is 5. The van der Waals surface area contributed by atoms with Crippen molar-refractivity contribution in [3.63, 3.8) is 0 Å². The zero-order valence-electron chi connectivity index (χ0n) is 21.5. The molecule has 2 aromatic carbocycles. The number of nitrogens with one attached hydrogen (secondary N) is 1. The van der Waals surface area contributed by atoms with Crippen LogP contribution in [-0.2, 0) is 33.7 Å². The van der Waals surface area contributed by atoms with Crippen LogP contribution in [0, 0.1) is 0 Å². The first-order valence-corrected chi connectivity index (χ1v) is 12.4. The Morgan fingerprint density at radius 1 is 0.974 bits per heavy atom. The molecule has 214 valence electrons. The first kappa shape index (κ1) is 33.3. The predicted octanol–water partition coefficient (Wildman–Crippen LogP) is 4.41. The number of alkyl halides is 3. The molecular formula is C27H38F3NO7. The van der Waals surface area contributed by atoms with Crippen LogP contribution < -0.4 is 5.32 Å². The molecule has 0 saturated heterocycles. The summed E-state index contributed by atoms with van der Waals surface area (Å²) in [7, 11) is 0. The zero-order valence-corrected chi connectivity index (χ0v) is 21.5. The van der Waals surface area contributed by atoms with Crippen LogP contribution in [0.4, 0.5) is 13.2 Å². The lowest BCUT2D eigenvalue weighted by molar-refractivity contribution is -0.137. The molecule has 0 amide bonds. The first-order valence-electron chi connectivity index (χ1n) is 12.4. The highest BCUT2D eigenvalue weighted by atomic mass is 19.4. The molecule has 8 nitrogen and oxygen atoms in total. The largest absolute Gasteiger partial charge is 0.508 e. The highest BCUT2D eigenvalue weighted by molar-refractivity contribution is 5.62. The van der Waals surface area contributed by atoms with Gasteiger partial charge in [-0.3, -0.25) is 4.79 Å². The molecule has 0 unspecified atom stereocenters. The van der Waals surface area contributed by atoms with Crippen molar-refractivity contribution in [2.75, 3.05) is 32.9 Å². The van der Waals surface area contributed by atoms with Gasteiger partial charge < -0.3 is 35.2 Å². The van der Waals surface area contributed by atoms with Gasteiger partial charge in [0.1, 0.15) is 5.75 Å². The molecule has 0 heterocycles. The number of aliphatic carboxylic acids is 1. The summed E-state index contributed by atoms with van der Waals surface area (Å²) >= 11 is 0. The number of carboxylic acids is 1. The Balaban J connectivity index is 0.00000168. The van der Waals surface area contributed by atoms with E-state index < -0.39 is 23.8 Å². The molecule has 38 heavy (non-hydrogen) atoms. The molecule has 0 radical (unpaired) electrons. The second kappa shape index (κ2) is 18.5. The Hall–Kier alpha value is -2.70. The summed E-state index contributed by atoms with van der Waals surface area (Å²) in [5.74, 6) is -0.818. The second-order valence-corrected chi connectivity index (χ2v) is 8.56. The average Bonchev–Trinajstić information content (AvgIpc) is 2.86. The maximum absolute atomic E-state index is 12.5. The van der Waals surface area contributed by atoms with E-state index in [1.54, 1.807) is 12.1 Å². The number of carboxylic acid groups (broad SMARTS) is 1. The Kier molecular flexibility index (Phi) is 16.3. The number of aliphatic hydroxyl groups excluding tert-OH is 2. The average molecular weight is 546 g/mol. The van der Waals surface area contributed by atoms with Gasteiger partial charge in [-0.15, -0.1) is 0 Å². The molecule has 0 aromatic heterocycles. The van der Waals surface area contributed by atoms with E-state index in [0.717, 1.165) is 51.3 Å². The number of ether oxygens (including phenoxy) is 2. The minimum Gasteiger partial charge on any atom is -0.508 e. The quantitative estimate of drug-likeness (QED) is 0.196. The molecule has 0 fully saturated rings. The molecule has 2 aromatic rings. The van der Waals surface area contributed by atoms with Crippen molar-refractivity contribution in [3.05, 3.63) is 64.7 Å². The van der Waals surface area contributed by atoms with Crippen LogP contribution in [-0.4, -0.2) is 59.3 Å². The number of aliphatic hydroxyl groups is 2. The third kappa shape index (κ3) is 14.9. The molecule has 2 rings (SSSR count). The van der Waals surface area contributed by atoms with E-state index >= 15 is 0 Å². The molecule has 0 saturated carbocycles. The number of carbonyl (C=O) groups is 1. The third-order valence-electron chi connectivity index (χ3n) is 5.31. The Labute approximate surface area is 221 Å². The van der Waals surface area contributed by atoms with Crippen LogP contribution in [0.5, 0.6) is 5.75 Å². The molecule has 0 spiro atoms. The van der Waals surface area contributed by atoms with E-state index in [9.17, 15) is 28.5 Å². The number of halogens is 3. The van der Waals surface area contributed by atoms with Crippen molar-refractivity contribution in [2.24, 2.45) is 0 Å². The van der Waals surface area contributed by atoms with Crippen molar-refractivity contribution in [1.82, 2.24) is 5.32 Å². The van der Waals surface area contributed by atoms with E-state index in [-0.39, 0.29) is 19.0 Å². The molecule has 1 atom stereocenters. The third-order valence-corrected chi connectivity index (χ3v) is 5.31. The van der Waals surface area contributed by atoms with Gasteiger partial charge in [0.05, 0.1) is 38.1 Å². The van der Waals surface area contributed by atoms with E-state index in [4.69, 9.17) is 19.4 Å². The molecular weight excluding hydrogens is 507 g/mol. The highest BCUT2D eigenvalue weighted by Gasteiger charge is 2.29. The van der Waals surface area contributed by atoms with Gasteiger partial charge in [0, 0.05) is 25.6 Å². The lowest BCUT2D eigenvalue weighted by Gasteiger charge is -2.14. The van der Waals surface area contributed by atoms with Crippen molar-refractivity contribution in [3.8, 4) is 5.75 Å². The number of unbranched alkanes of at least 4 members (excludes halogenated alkanes) is 3. The lowest BCUT2D eigenvalue weighted by atomic mass is 10.1. The summed E-state index contributed by atoms with van der Waals surface area (Å²) in [5, 5.41) is 39.6. The predicted molar refractivity (Wildman–Crippen MR) is 136 cm³/mol. The molecule has 0 aliphatic heterocycles. The summed E-state index contributed by atoms with van der Waals surface area (Å²) in [6.07, 6.45) is -1.08. The summed E-state index contributed by atoms with van der Waals surface area (Å²) in [6.45, 7) is 3.68. The van der Waals surface area contributed by atoms with Crippen LogP contribution in [0.25, 0.3) is 0 Å². The number of phenols is 1. The van der Waals surface area contributed by atoms with Gasteiger partial charge in [-0.1, -0.05) is 31.0 Å². The van der Waals surface area contributed by atoms with Gasteiger partial charge in [-0.25, -0.2) is 0 Å². The van der Waals surface area contributed by atoms with Gasteiger partial charge in [0.2, 0.25) is 0 Å². The normalized spacial score (nSPS) is 12.1. The van der Waals surface area contributed by atoms with Crippen LogP contribution in [0.1, 0.15) is 61.0 Å². The van der Waals surface area contributed by atoms with Gasteiger partial charge in [0.15, 0.2) is 0 Å². The number of aromatic hydroxyl groups is 1. The highest BCUT2D eigenvalue weighted by Crippen LogP contribution is 2.29. The van der Waals surface area contributed by atoms with E-state index in [1.165, 1.54) is 18.2 Å². The number of benzene rings is 2. The zero-order chi connectivity index (χ0) is 28.4.